The molecule has 5 rings (SSSR count). The van der Waals surface area contributed by atoms with E-state index in [-0.39, 0.29) is 29.5 Å². The molecule has 2 amide bonds. The van der Waals surface area contributed by atoms with Crippen molar-refractivity contribution in [3.05, 3.63) is 65.2 Å². The Bertz CT molecular complexity index is 1220. The zero-order valence-corrected chi connectivity index (χ0v) is 25.7. The number of piperidine rings is 1. The van der Waals surface area contributed by atoms with Gasteiger partial charge in [-0.25, -0.2) is 4.79 Å². The SMILES string of the molecule is COc1ccc(CN2CC(=O)N(C3CC4(CCN(C(=O)OC(C)(C)C)CC4)C3)C(c3ccccc3C(C)C)C2)cc1. The number of rotatable bonds is 6. The van der Waals surface area contributed by atoms with Crippen LogP contribution in [0.4, 0.5) is 4.79 Å². The molecular formula is C34H47N3O4. The van der Waals surface area contributed by atoms with E-state index in [4.69, 9.17) is 9.47 Å². The van der Waals surface area contributed by atoms with Gasteiger partial charge in [0.1, 0.15) is 11.4 Å². The number of piperazine rings is 1. The van der Waals surface area contributed by atoms with Crippen molar-refractivity contribution < 1.29 is 19.1 Å². The quantitative estimate of drug-likeness (QED) is 0.409. The van der Waals surface area contributed by atoms with Crippen LogP contribution in [0.2, 0.25) is 0 Å². The minimum absolute atomic E-state index is 0.0253. The normalized spacial score (nSPS) is 21.7. The Hall–Kier alpha value is -3.06. The molecule has 7 heteroatoms. The highest BCUT2D eigenvalue weighted by Crippen LogP contribution is 2.53. The number of amides is 2. The van der Waals surface area contributed by atoms with E-state index < -0.39 is 5.60 Å². The summed E-state index contributed by atoms with van der Waals surface area (Å²) in [5.74, 6) is 1.44. The molecule has 1 unspecified atom stereocenters. The van der Waals surface area contributed by atoms with E-state index in [0.29, 0.717) is 12.5 Å². The molecule has 1 aliphatic carbocycles. The third-order valence-electron chi connectivity index (χ3n) is 9.16. The molecule has 2 heterocycles. The lowest BCUT2D eigenvalue weighted by Gasteiger charge is -2.58. The van der Waals surface area contributed by atoms with Crippen LogP contribution >= 0.6 is 0 Å². The van der Waals surface area contributed by atoms with E-state index in [9.17, 15) is 9.59 Å². The summed E-state index contributed by atoms with van der Waals surface area (Å²) < 4.78 is 10.9. The topological polar surface area (TPSA) is 62.3 Å². The van der Waals surface area contributed by atoms with Crippen LogP contribution in [0.3, 0.4) is 0 Å². The molecule has 7 nitrogen and oxygen atoms in total. The number of ether oxygens (including phenoxy) is 2. The van der Waals surface area contributed by atoms with Crippen molar-refractivity contribution in [1.29, 1.82) is 0 Å². The third kappa shape index (κ3) is 6.56. The molecule has 1 atom stereocenters. The smallest absolute Gasteiger partial charge is 0.410 e. The minimum Gasteiger partial charge on any atom is -0.497 e. The van der Waals surface area contributed by atoms with Crippen LogP contribution in [0, 0.1) is 5.41 Å². The number of hydrogen-bond acceptors (Lipinski definition) is 5. The predicted molar refractivity (Wildman–Crippen MR) is 161 cm³/mol. The van der Waals surface area contributed by atoms with Crippen LogP contribution in [-0.2, 0) is 16.1 Å². The van der Waals surface area contributed by atoms with Gasteiger partial charge in [0.15, 0.2) is 0 Å². The standard InChI is InChI=1S/C34H47N3O4/c1-24(2)28-9-7-8-10-29(28)30-22-35(21-25-11-13-27(40-6)14-12-25)23-31(38)37(30)26-19-34(20-26)15-17-36(18-16-34)32(39)41-33(3,4)5/h7-14,24,26,30H,15-23H2,1-6H3. The molecule has 1 spiro atoms. The van der Waals surface area contributed by atoms with Gasteiger partial charge in [0.05, 0.1) is 19.7 Å². The summed E-state index contributed by atoms with van der Waals surface area (Å²) in [6, 6.07) is 17.1. The molecule has 2 aliphatic heterocycles. The Balaban J connectivity index is 1.31. The van der Waals surface area contributed by atoms with Gasteiger partial charge in [-0.2, -0.15) is 0 Å². The number of carbonyl (C=O) groups is 2. The summed E-state index contributed by atoms with van der Waals surface area (Å²) >= 11 is 0. The molecule has 222 valence electrons. The number of nitrogens with zero attached hydrogens (tertiary/aromatic N) is 3. The van der Waals surface area contributed by atoms with E-state index in [1.54, 1.807) is 7.11 Å². The van der Waals surface area contributed by atoms with Crippen molar-refractivity contribution in [3.8, 4) is 5.75 Å². The number of carbonyl (C=O) groups excluding carboxylic acids is 2. The van der Waals surface area contributed by atoms with Crippen LogP contribution in [0.25, 0.3) is 0 Å². The van der Waals surface area contributed by atoms with Crippen molar-refractivity contribution in [1.82, 2.24) is 14.7 Å². The van der Waals surface area contributed by atoms with Gasteiger partial charge < -0.3 is 19.3 Å². The summed E-state index contributed by atoms with van der Waals surface area (Å²) in [4.78, 5) is 32.9. The average Bonchev–Trinajstić information content (AvgIpc) is 2.91. The molecule has 2 saturated heterocycles. The van der Waals surface area contributed by atoms with Gasteiger partial charge in [-0.3, -0.25) is 9.69 Å². The second-order valence-corrected chi connectivity index (χ2v) is 13.6. The Morgan fingerprint density at radius 3 is 2.29 bits per heavy atom. The van der Waals surface area contributed by atoms with Crippen LogP contribution in [0.5, 0.6) is 5.75 Å². The summed E-state index contributed by atoms with van der Waals surface area (Å²) in [5, 5.41) is 0. The van der Waals surface area contributed by atoms with E-state index in [0.717, 1.165) is 57.6 Å². The Morgan fingerprint density at radius 1 is 1.02 bits per heavy atom. The van der Waals surface area contributed by atoms with Gasteiger partial charge in [0.2, 0.25) is 5.91 Å². The summed E-state index contributed by atoms with van der Waals surface area (Å²) in [5.41, 5.74) is 3.51. The molecular weight excluding hydrogens is 514 g/mol. The average molecular weight is 562 g/mol. The zero-order chi connectivity index (χ0) is 29.4. The molecule has 2 aromatic rings. The van der Waals surface area contributed by atoms with E-state index in [1.165, 1.54) is 16.7 Å². The monoisotopic (exact) mass is 561 g/mol. The van der Waals surface area contributed by atoms with Crippen LogP contribution in [0.15, 0.2) is 48.5 Å². The second kappa shape index (κ2) is 11.7. The highest BCUT2D eigenvalue weighted by molar-refractivity contribution is 5.80. The van der Waals surface area contributed by atoms with Crippen LogP contribution in [0.1, 0.15) is 89.0 Å². The first-order valence-corrected chi connectivity index (χ1v) is 15.2. The number of benzene rings is 2. The first-order valence-electron chi connectivity index (χ1n) is 15.2. The lowest BCUT2D eigenvalue weighted by Crippen LogP contribution is -2.62. The van der Waals surface area contributed by atoms with Crippen molar-refractivity contribution >= 4 is 12.0 Å². The Labute approximate surface area is 245 Å². The molecule has 2 aromatic carbocycles. The van der Waals surface area contributed by atoms with Gasteiger partial charge in [0, 0.05) is 32.2 Å². The maximum absolute atomic E-state index is 13.9. The maximum atomic E-state index is 13.9. The number of hydrogen-bond donors (Lipinski definition) is 0. The summed E-state index contributed by atoms with van der Waals surface area (Å²) in [6.07, 6.45) is 3.76. The van der Waals surface area contributed by atoms with Crippen molar-refractivity contribution in [2.24, 2.45) is 5.41 Å². The van der Waals surface area contributed by atoms with Crippen molar-refractivity contribution in [2.45, 2.75) is 90.4 Å². The molecule has 0 bridgehead atoms. The van der Waals surface area contributed by atoms with Gasteiger partial charge in [-0.1, -0.05) is 50.2 Å². The van der Waals surface area contributed by atoms with Gasteiger partial charge in [0.25, 0.3) is 0 Å². The molecule has 0 radical (unpaired) electrons. The first-order chi connectivity index (χ1) is 19.5. The molecule has 41 heavy (non-hydrogen) atoms. The van der Waals surface area contributed by atoms with E-state index in [1.807, 2.05) is 37.8 Å². The van der Waals surface area contributed by atoms with E-state index in [2.05, 4.69) is 60.0 Å². The largest absolute Gasteiger partial charge is 0.497 e. The van der Waals surface area contributed by atoms with Crippen molar-refractivity contribution in [3.63, 3.8) is 0 Å². The predicted octanol–water partition coefficient (Wildman–Crippen LogP) is 6.38. The number of likely N-dealkylation sites (tertiary alicyclic amines) is 1. The fraction of sp³-hybridized carbons (Fsp3) is 0.588. The highest BCUT2D eigenvalue weighted by atomic mass is 16.6. The van der Waals surface area contributed by atoms with Crippen LogP contribution in [-0.4, -0.2) is 71.6 Å². The fourth-order valence-corrected chi connectivity index (χ4v) is 7.03. The summed E-state index contributed by atoms with van der Waals surface area (Å²) in [6.45, 7) is 13.6. The minimum atomic E-state index is -0.481. The van der Waals surface area contributed by atoms with Gasteiger partial charge in [-0.05, 0) is 86.6 Å². The summed E-state index contributed by atoms with van der Waals surface area (Å²) in [7, 11) is 1.68. The Kier molecular flexibility index (Phi) is 8.38. The van der Waals surface area contributed by atoms with Gasteiger partial charge in [-0.15, -0.1) is 0 Å². The number of methoxy groups -OCH3 is 1. The van der Waals surface area contributed by atoms with Crippen molar-refractivity contribution in [2.75, 3.05) is 33.3 Å². The first kappa shape index (κ1) is 29.4. The second-order valence-electron chi connectivity index (χ2n) is 13.6. The molecule has 1 saturated carbocycles. The molecule has 0 aromatic heterocycles. The lowest BCUT2D eigenvalue weighted by molar-refractivity contribution is -0.153. The molecule has 3 fully saturated rings. The fourth-order valence-electron chi connectivity index (χ4n) is 7.03. The Morgan fingerprint density at radius 2 is 1.68 bits per heavy atom. The zero-order valence-electron chi connectivity index (χ0n) is 25.7. The lowest BCUT2D eigenvalue weighted by atomic mass is 9.59. The van der Waals surface area contributed by atoms with Crippen LogP contribution < -0.4 is 4.74 Å². The molecule has 0 N–H and O–H groups in total. The molecule has 3 aliphatic rings. The highest BCUT2D eigenvalue weighted by Gasteiger charge is 2.52. The third-order valence-corrected chi connectivity index (χ3v) is 9.16. The van der Waals surface area contributed by atoms with Gasteiger partial charge >= 0.3 is 6.09 Å². The maximum Gasteiger partial charge on any atom is 0.410 e. The van der Waals surface area contributed by atoms with E-state index >= 15 is 0 Å².